The van der Waals surface area contributed by atoms with E-state index in [-0.39, 0.29) is 0 Å². The summed E-state index contributed by atoms with van der Waals surface area (Å²) in [6, 6.07) is 15.3. The van der Waals surface area contributed by atoms with Gasteiger partial charge in [-0.05, 0) is 54.8 Å². The molecule has 3 rings (SSSR count). The minimum atomic E-state index is 0.371. The Labute approximate surface area is 138 Å². The van der Waals surface area contributed by atoms with E-state index < -0.39 is 0 Å². The third kappa shape index (κ3) is 3.64. The summed E-state index contributed by atoms with van der Waals surface area (Å²) < 4.78 is 11.2. The third-order valence-corrected chi connectivity index (χ3v) is 4.08. The average Bonchev–Trinajstić information content (AvgIpc) is 3.03. The Hall–Kier alpha value is -1.91. The van der Waals surface area contributed by atoms with Gasteiger partial charge in [0.1, 0.15) is 24.3 Å². The van der Waals surface area contributed by atoms with Gasteiger partial charge in [-0.2, -0.15) is 0 Å². The largest absolute Gasteiger partial charge is 0.487 e. The summed E-state index contributed by atoms with van der Waals surface area (Å²) in [7, 11) is 0. The molecule has 1 aromatic heterocycles. The van der Waals surface area contributed by atoms with E-state index in [1.807, 2.05) is 54.8 Å². The average molecular weight is 332 g/mol. The Balaban J connectivity index is 1.65. The molecule has 0 spiro atoms. The first kappa shape index (κ1) is 15.0. The van der Waals surface area contributed by atoms with Crippen LogP contribution in [0.4, 0.5) is 0 Å². The predicted octanol–water partition coefficient (Wildman–Crippen LogP) is 5.30. The number of halogens is 1. The van der Waals surface area contributed by atoms with E-state index in [1.165, 1.54) is 4.90 Å². The summed E-state index contributed by atoms with van der Waals surface area (Å²) in [5.74, 6) is 1.38. The first-order valence-electron chi connectivity index (χ1n) is 6.72. The number of benzene rings is 2. The van der Waals surface area contributed by atoms with Crippen molar-refractivity contribution >= 4 is 23.4 Å². The van der Waals surface area contributed by atoms with Crippen LogP contribution >= 0.6 is 23.4 Å². The van der Waals surface area contributed by atoms with Gasteiger partial charge in [0.15, 0.2) is 0 Å². The molecule has 2 aromatic carbocycles. The Morgan fingerprint density at radius 2 is 1.82 bits per heavy atom. The van der Waals surface area contributed by atoms with E-state index in [1.54, 1.807) is 18.0 Å². The van der Waals surface area contributed by atoms with Crippen molar-refractivity contribution in [3.8, 4) is 17.2 Å². The first-order valence-corrected chi connectivity index (χ1v) is 8.32. The lowest BCUT2D eigenvalue weighted by molar-refractivity contribution is 0.301. The Morgan fingerprint density at radius 1 is 1.09 bits per heavy atom. The van der Waals surface area contributed by atoms with Crippen LogP contribution in [0.25, 0.3) is 11.5 Å². The van der Waals surface area contributed by atoms with Crippen LogP contribution in [0.2, 0.25) is 5.02 Å². The van der Waals surface area contributed by atoms with Crippen LogP contribution in [0, 0.1) is 0 Å². The molecule has 5 heteroatoms. The highest BCUT2D eigenvalue weighted by Crippen LogP contribution is 2.22. The molecule has 3 nitrogen and oxygen atoms in total. The van der Waals surface area contributed by atoms with E-state index in [0.717, 1.165) is 17.0 Å². The molecule has 0 radical (unpaired) electrons. The standard InChI is InChI=1S/C17H14ClNO2S/c1-22-16-8-6-15(7-9-16)20-10-14-11-21-17(19-14)12-2-4-13(18)5-3-12/h2-9,11H,10H2,1H3. The van der Waals surface area contributed by atoms with Gasteiger partial charge >= 0.3 is 0 Å². The van der Waals surface area contributed by atoms with Crippen molar-refractivity contribution in [3.05, 3.63) is 65.5 Å². The molecule has 22 heavy (non-hydrogen) atoms. The zero-order chi connectivity index (χ0) is 15.4. The predicted molar refractivity (Wildman–Crippen MR) is 89.5 cm³/mol. The second-order valence-electron chi connectivity index (χ2n) is 4.62. The van der Waals surface area contributed by atoms with Crippen molar-refractivity contribution in [2.24, 2.45) is 0 Å². The number of oxazole rings is 1. The highest BCUT2D eigenvalue weighted by molar-refractivity contribution is 7.98. The molecule has 0 saturated heterocycles. The van der Waals surface area contributed by atoms with Crippen molar-refractivity contribution in [2.75, 3.05) is 6.26 Å². The van der Waals surface area contributed by atoms with Crippen LogP contribution < -0.4 is 4.74 Å². The molecule has 0 aliphatic rings. The van der Waals surface area contributed by atoms with Gasteiger partial charge in [0, 0.05) is 15.5 Å². The number of nitrogens with zero attached hydrogens (tertiary/aromatic N) is 1. The van der Waals surface area contributed by atoms with Gasteiger partial charge in [0.2, 0.25) is 5.89 Å². The van der Waals surface area contributed by atoms with Gasteiger partial charge in [-0.25, -0.2) is 4.98 Å². The summed E-state index contributed by atoms with van der Waals surface area (Å²) in [5.41, 5.74) is 1.64. The Kier molecular flexibility index (Phi) is 4.71. The van der Waals surface area contributed by atoms with Crippen LogP contribution in [0.5, 0.6) is 5.75 Å². The van der Waals surface area contributed by atoms with Gasteiger partial charge in [-0.15, -0.1) is 11.8 Å². The normalized spacial score (nSPS) is 10.6. The monoisotopic (exact) mass is 331 g/mol. The topological polar surface area (TPSA) is 35.3 Å². The molecule has 0 atom stereocenters. The van der Waals surface area contributed by atoms with Gasteiger partial charge in [0.05, 0.1) is 0 Å². The lowest BCUT2D eigenvalue weighted by atomic mass is 10.2. The van der Waals surface area contributed by atoms with Crippen molar-refractivity contribution in [3.63, 3.8) is 0 Å². The molecule has 0 bridgehead atoms. The molecule has 0 N–H and O–H groups in total. The highest BCUT2D eigenvalue weighted by atomic mass is 35.5. The Bertz CT molecular complexity index is 738. The molecule has 0 aliphatic heterocycles. The molecule has 0 aliphatic carbocycles. The summed E-state index contributed by atoms with van der Waals surface area (Å²) >= 11 is 7.57. The van der Waals surface area contributed by atoms with Crippen LogP contribution in [0.15, 0.2) is 64.1 Å². The second kappa shape index (κ2) is 6.90. The SMILES string of the molecule is CSc1ccc(OCc2coc(-c3ccc(Cl)cc3)n2)cc1. The van der Waals surface area contributed by atoms with Crippen molar-refractivity contribution in [2.45, 2.75) is 11.5 Å². The fourth-order valence-corrected chi connectivity index (χ4v) is 2.46. The summed E-state index contributed by atoms with van der Waals surface area (Å²) in [6.45, 7) is 0.371. The van der Waals surface area contributed by atoms with E-state index >= 15 is 0 Å². The lowest BCUT2D eigenvalue weighted by Gasteiger charge is -2.04. The third-order valence-electron chi connectivity index (χ3n) is 3.09. The van der Waals surface area contributed by atoms with Crippen molar-refractivity contribution < 1.29 is 9.15 Å². The smallest absolute Gasteiger partial charge is 0.226 e. The maximum atomic E-state index is 5.87. The van der Waals surface area contributed by atoms with Crippen LogP contribution in [0.1, 0.15) is 5.69 Å². The van der Waals surface area contributed by atoms with Crippen molar-refractivity contribution in [1.29, 1.82) is 0 Å². The van der Waals surface area contributed by atoms with Gasteiger partial charge in [0.25, 0.3) is 0 Å². The Morgan fingerprint density at radius 3 is 2.50 bits per heavy atom. The highest BCUT2D eigenvalue weighted by Gasteiger charge is 2.07. The molecule has 1 heterocycles. The van der Waals surface area contributed by atoms with Crippen molar-refractivity contribution in [1.82, 2.24) is 4.98 Å². The zero-order valence-corrected chi connectivity index (χ0v) is 13.5. The fraction of sp³-hybridized carbons (Fsp3) is 0.118. The minimum Gasteiger partial charge on any atom is -0.487 e. The summed E-state index contributed by atoms with van der Waals surface area (Å²) in [4.78, 5) is 5.63. The molecule has 0 unspecified atom stereocenters. The molecule has 0 saturated carbocycles. The molecule has 3 aromatic rings. The van der Waals surface area contributed by atoms with E-state index in [9.17, 15) is 0 Å². The van der Waals surface area contributed by atoms with E-state index in [2.05, 4.69) is 4.98 Å². The molecular weight excluding hydrogens is 318 g/mol. The summed E-state index contributed by atoms with van der Waals surface area (Å²) in [5, 5.41) is 0.688. The van der Waals surface area contributed by atoms with E-state index in [0.29, 0.717) is 17.5 Å². The number of thioether (sulfide) groups is 1. The number of hydrogen-bond acceptors (Lipinski definition) is 4. The minimum absolute atomic E-state index is 0.371. The quantitative estimate of drug-likeness (QED) is 0.594. The van der Waals surface area contributed by atoms with Crippen LogP contribution in [-0.4, -0.2) is 11.2 Å². The maximum absolute atomic E-state index is 5.87. The summed E-state index contributed by atoms with van der Waals surface area (Å²) in [6.07, 6.45) is 3.66. The lowest BCUT2D eigenvalue weighted by Crippen LogP contribution is -1.95. The number of hydrogen-bond donors (Lipinski definition) is 0. The van der Waals surface area contributed by atoms with Gasteiger partial charge in [-0.1, -0.05) is 11.6 Å². The molecule has 0 fully saturated rings. The molecular formula is C17H14ClNO2S. The number of aromatic nitrogens is 1. The first-order chi connectivity index (χ1) is 10.7. The van der Waals surface area contributed by atoms with Crippen LogP contribution in [-0.2, 0) is 6.61 Å². The van der Waals surface area contributed by atoms with Crippen LogP contribution in [0.3, 0.4) is 0 Å². The van der Waals surface area contributed by atoms with Gasteiger partial charge < -0.3 is 9.15 Å². The zero-order valence-electron chi connectivity index (χ0n) is 12.0. The van der Waals surface area contributed by atoms with Gasteiger partial charge in [-0.3, -0.25) is 0 Å². The molecule has 112 valence electrons. The number of rotatable bonds is 5. The maximum Gasteiger partial charge on any atom is 0.226 e. The number of ether oxygens (including phenoxy) is 1. The van der Waals surface area contributed by atoms with E-state index in [4.69, 9.17) is 20.8 Å². The molecule has 0 amide bonds. The second-order valence-corrected chi connectivity index (χ2v) is 5.93. The fourth-order valence-electron chi connectivity index (χ4n) is 1.93.